The molecule has 17 heavy (non-hydrogen) atoms. The Hall–Kier alpha value is -0.770. The molecule has 0 aromatic carbocycles. The summed E-state index contributed by atoms with van der Waals surface area (Å²) in [6.45, 7) is 10.6. The van der Waals surface area contributed by atoms with Crippen LogP contribution < -0.4 is 5.32 Å². The Morgan fingerprint density at radius 2 is 2.24 bits per heavy atom. The van der Waals surface area contributed by atoms with Crippen LogP contribution in [-0.4, -0.2) is 42.8 Å². The first-order valence-corrected chi connectivity index (χ1v) is 6.73. The van der Waals surface area contributed by atoms with E-state index >= 15 is 0 Å². The van der Waals surface area contributed by atoms with Crippen molar-refractivity contribution in [3.63, 3.8) is 0 Å². The standard InChI is InChI=1S/C13H26N2O2/c1-5-6-7-17-13(16)15-9-11(4)14-8-12(15)10(2)3/h10-12,14H,5-9H2,1-4H3. The van der Waals surface area contributed by atoms with E-state index in [9.17, 15) is 4.79 Å². The van der Waals surface area contributed by atoms with Crippen molar-refractivity contribution in [3.8, 4) is 0 Å². The first-order chi connectivity index (χ1) is 8.06. The lowest BCUT2D eigenvalue weighted by atomic mass is 9.99. The maximum absolute atomic E-state index is 12.0. The summed E-state index contributed by atoms with van der Waals surface area (Å²) in [5.74, 6) is 0.453. The largest absolute Gasteiger partial charge is 0.449 e. The van der Waals surface area contributed by atoms with Crippen LogP contribution >= 0.6 is 0 Å². The van der Waals surface area contributed by atoms with E-state index in [-0.39, 0.29) is 12.1 Å². The van der Waals surface area contributed by atoms with Gasteiger partial charge in [0.15, 0.2) is 0 Å². The summed E-state index contributed by atoms with van der Waals surface area (Å²) >= 11 is 0. The predicted molar refractivity (Wildman–Crippen MR) is 69.1 cm³/mol. The fourth-order valence-corrected chi connectivity index (χ4v) is 2.12. The summed E-state index contributed by atoms with van der Waals surface area (Å²) in [7, 11) is 0. The number of ether oxygens (including phenoxy) is 1. The molecule has 1 amide bonds. The van der Waals surface area contributed by atoms with Gasteiger partial charge in [-0.05, 0) is 19.3 Å². The van der Waals surface area contributed by atoms with Gasteiger partial charge >= 0.3 is 6.09 Å². The van der Waals surface area contributed by atoms with Crippen LogP contribution in [0.1, 0.15) is 40.5 Å². The molecule has 100 valence electrons. The monoisotopic (exact) mass is 242 g/mol. The van der Waals surface area contributed by atoms with E-state index in [1.165, 1.54) is 0 Å². The summed E-state index contributed by atoms with van der Waals surface area (Å²) in [5.41, 5.74) is 0. The molecule has 0 radical (unpaired) electrons. The Morgan fingerprint density at radius 3 is 2.82 bits per heavy atom. The molecule has 1 heterocycles. The van der Waals surface area contributed by atoms with E-state index in [0.29, 0.717) is 18.6 Å². The summed E-state index contributed by atoms with van der Waals surface area (Å²) in [6, 6.07) is 0.601. The van der Waals surface area contributed by atoms with Gasteiger partial charge in [0.2, 0.25) is 0 Å². The van der Waals surface area contributed by atoms with Crippen molar-refractivity contribution < 1.29 is 9.53 Å². The van der Waals surface area contributed by atoms with Crippen LogP contribution in [0.2, 0.25) is 0 Å². The van der Waals surface area contributed by atoms with Gasteiger partial charge in [-0.3, -0.25) is 0 Å². The maximum atomic E-state index is 12.0. The third-order valence-electron chi connectivity index (χ3n) is 3.27. The van der Waals surface area contributed by atoms with E-state index in [4.69, 9.17) is 4.74 Å². The Kier molecular flexibility index (Phi) is 5.75. The topological polar surface area (TPSA) is 41.6 Å². The highest BCUT2D eigenvalue weighted by Crippen LogP contribution is 2.16. The second kappa shape index (κ2) is 6.84. The first-order valence-electron chi connectivity index (χ1n) is 6.73. The van der Waals surface area contributed by atoms with Crippen LogP contribution in [0.25, 0.3) is 0 Å². The average molecular weight is 242 g/mol. The smallest absolute Gasteiger partial charge is 0.410 e. The molecule has 1 aliphatic rings. The predicted octanol–water partition coefficient (Wildman–Crippen LogP) is 2.24. The zero-order valence-corrected chi connectivity index (χ0v) is 11.5. The van der Waals surface area contributed by atoms with Gasteiger partial charge in [-0.25, -0.2) is 4.79 Å². The van der Waals surface area contributed by atoms with Crippen molar-refractivity contribution >= 4 is 6.09 Å². The SMILES string of the molecule is CCCCOC(=O)N1CC(C)NCC1C(C)C. The molecular weight excluding hydrogens is 216 g/mol. The molecule has 0 aromatic rings. The number of nitrogens with one attached hydrogen (secondary N) is 1. The molecule has 0 bridgehead atoms. The van der Waals surface area contributed by atoms with Gasteiger partial charge in [0.1, 0.15) is 0 Å². The highest BCUT2D eigenvalue weighted by atomic mass is 16.6. The molecular formula is C13H26N2O2. The van der Waals surface area contributed by atoms with E-state index in [1.54, 1.807) is 0 Å². The zero-order valence-electron chi connectivity index (χ0n) is 11.5. The third kappa shape index (κ3) is 4.19. The summed E-state index contributed by atoms with van der Waals surface area (Å²) in [4.78, 5) is 13.9. The Morgan fingerprint density at radius 1 is 1.53 bits per heavy atom. The minimum absolute atomic E-state index is 0.148. The van der Waals surface area contributed by atoms with Crippen molar-refractivity contribution in [2.75, 3.05) is 19.7 Å². The van der Waals surface area contributed by atoms with E-state index in [0.717, 1.165) is 25.9 Å². The lowest BCUT2D eigenvalue weighted by Gasteiger charge is -2.40. The maximum Gasteiger partial charge on any atom is 0.410 e. The van der Waals surface area contributed by atoms with Gasteiger partial charge in [-0.15, -0.1) is 0 Å². The minimum atomic E-state index is -0.148. The molecule has 1 fully saturated rings. The second-order valence-corrected chi connectivity index (χ2v) is 5.24. The number of hydrogen-bond donors (Lipinski definition) is 1. The molecule has 2 unspecified atom stereocenters. The molecule has 0 aliphatic carbocycles. The first kappa shape index (κ1) is 14.3. The van der Waals surface area contributed by atoms with Crippen molar-refractivity contribution in [2.45, 2.75) is 52.6 Å². The van der Waals surface area contributed by atoms with Crippen LogP contribution in [0.4, 0.5) is 4.79 Å². The van der Waals surface area contributed by atoms with Crippen LogP contribution in [0, 0.1) is 5.92 Å². The summed E-state index contributed by atoms with van der Waals surface area (Å²) < 4.78 is 5.31. The van der Waals surface area contributed by atoms with E-state index < -0.39 is 0 Å². The molecule has 2 atom stereocenters. The van der Waals surface area contributed by atoms with Crippen LogP contribution in [0.5, 0.6) is 0 Å². The summed E-state index contributed by atoms with van der Waals surface area (Å²) in [6.07, 6.45) is 1.85. The van der Waals surface area contributed by atoms with Gasteiger partial charge in [0.25, 0.3) is 0 Å². The quantitative estimate of drug-likeness (QED) is 0.769. The number of carbonyl (C=O) groups is 1. The zero-order chi connectivity index (χ0) is 12.8. The molecule has 1 saturated heterocycles. The Labute approximate surface area is 105 Å². The number of piperazine rings is 1. The fourth-order valence-electron chi connectivity index (χ4n) is 2.12. The lowest BCUT2D eigenvalue weighted by Crippen LogP contribution is -2.59. The van der Waals surface area contributed by atoms with Gasteiger partial charge in [-0.2, -0.15) is 0 Å². The Balaban J connectivity index is 2.53. The second-order valence-electron chi connectivity index (χ2n) is 5.24. The van der Waals surface area contributed by atoms with Gasteiger partial charge in [0, 0.05) is 25.2 Å². The van der Waals surface area contributed by atoms with Crippen LogP contribution in [0.15, 0.2) is 0 Å². The highest BCUT2D eigenvalue weighted by molar-refractivity contribution is 5.68. The number of amides is 1. The summed E-state index contributed by atoms with van der Waals surface area (Å²) in [5, 5.41) is 3.42. The molecule has 4 heteroatoms. The van der Waals surface area contributed by atoms with Crippen molar-refractivity contribution in [3.05, 3.63) is 0 Å². The van der Waals surface area contributed by atoms with Crippen molar-refractivity contribution in [1.29, 1.82) is 0 Å². The number of carbonyl (C=O) groups excluding carboxylic acids is 1. The van der Waals surface area contributed by atoms with Crippen molar-refractivity contribution in [2.24, 2.45) is 5.92 Å². The van der Waals surface area contributed by atoms with E-state index in [1.807, 2.05) is 4.90 Å². The van der Waals surface area contributed by atoms with Crippen molar-refractivity contribution in [1.82, 2.24) is 10.2 Å². The number of unbranched alkanes of at least 4 members (excludes halogenated alkanes) is 1. The lowest BCUT2D eigenvalue weighted by molar-refractivity contribution is 0.0564. The normalized spacial score (nSPS) is 25.1. The molecule has 0 saturated carbocycles. The van der Waals surface area contributed by atoms with Gasteiger partial charge < -0.3 is 15.0 Å². The molecule has 0 aromatic heterocycles. The van der Waals surface area contributed by atoms with E-state index in [2.05, 4.69) is 33.0 Å². The van der Waals surface area contributed by atoms with Gasteiger partial charge in [0.05, 0.1) is 6.61 Å². The number of nitrogens with zero attached hydrogens (tertiary/aromatic N) is 1. The number of hydrogen-bond acceptors (Lipinski definition) is 3. The molecule has 0 spiro atoms. The minimum Gasteiger partial charge on any atom is -0.449 e. The molecule has 1 N–H and O–H groups in total. The van der Waals surface area contributed by atoms with Gasteiger partial charge in [-0.1, -0.05) is 27.2 Å². The molecule has 1 aliphatic heterocycles. The third-order valence-corrected chi connectivity index (χ3v) is 3.27. The fraction of sp³-hybridized carbons (Fsp3) is 0.923. The average Bonchev–Trinajstić information content (AvgIpc) is 2.28. The van der Waals surface area contributed by atoms with Crippen LogP contribution in [0.3, 0.4) is 0 Å². The Bertz CT molecular complexity index is 244. The highest BCUT2D eigenvalue weighted by Gasteiger charge is 2.32. The van der Waals surface area contributed by atoms with Crippen LogP contribution in [-0.2, 0) is 4.74 Å². The molecule has 1 rings (SSSR count). The molecule has 4 nitrogen and oxygen atoms in total. The number of rotatable bonds is 4.